The van der Waals surface area contributed by atoms with Crippen LogP contribution in [0.15, 0.2) is 0 Å². The molecule has 0 rings (SSSR count). The van der Waals surface area contributed by atoms with Crippen molar-refractivity contribution in [1.82, 2.24) is 0 Å². The molecular weight excluding hydrogens is 370 g/mol. The van der Waals surface area contributed by atoms with Gasteiger partial charge in [-0.1, -0.05) is 0 Å². The van der Waals surface area contributed by atoms with Gasteiger partial charge in [0.2, 0.25) is 0 Å². The zero-order chi connectivity index (χ0) is 9.00. The normalized spacial score (nSPS) is 9.67. The van der Waals surface area contributed by atoms with Gasteiger partial charge in [0.05, 0.1) is 0 Å². The molecule has 0 unspecified atom stereocenters. The van der Waals surface area contributed by atoms with Gasteiger partial charge in [-0.2, -0.15) is 0 Å². The van der Waals surface area contributed by atoms with E-state index in [1.54, 1.807) is 0 Å². The molecular formula is CdO8S2Zn. The monoisotopic (exact) mass is 370 g/mol. The molecule has 0 amide bonds. The molecule has 0 aliphatic heterocycles. The van der Waals surface area contributed by atoms with Gasteiger partial charge in [0.15, 0.2) is 0 Å². The average Bonchev–Trinajstić information content (AvgIpc) is 1.12. The molecule has 0 saturated carbocycles. The Morgan fingerprint density at radius 1 is 0.667 bits per heavy atom. The predicted octanol–water partition coefficient (Wildman–Crippen LogP) is -2.68. The molecule has 0 fully saturated rings. The van der Waals surface area contributed by atoms with Gasteiger partial charge in [0, 0.05) is 20.8 Å². The van der Waals surface area contributed by atoms with E-state index < -0.39 is 20.8 Å². The fourth-order valence-electron chi connectivity index (χ4n) is 0. The molecule has 0 saturated heterocycles. The summed E-state index contributed by atoms with van der Waals surface area (Å²) in [5, 5.41) is 0. The molecule has 0 spiro atoms. The van der Waals surface area contributed by atoms with Crippen molar-refractivity contribution >= 4 is 20.8 Å². The van der Waals surface area contributed by atoms with Crippen molar-refractivity contribution < 1.29 is 81.8 Å². The van der Waals surface area contributed by atoms with E-state index in [0.717, 1.165) is 0 Å². The third kappa shape index (κ3) is 723. The van der Waals surface area contributed by atoms with E-state index in [1.165, 1.54) is 0 Å². The van der Waals surface area contributed by atoms with Crippen LogP contribution in [0, 0.1) is 0 Å². The minimum absolute atomic E-state index is 0. The number of rotatable bonds is 0. The molecule has 0 heterocycles. The quantitative estimate of drug-likeness (QED) is 0.253. The first-order valence-electron chi connectivity index (χ1n) is 1.33. The zero-order valence-electron chi connectivity index (χ0n) is 5.50. The third-order valence-corrected chi connectivity index (χ3v) is 0. The van der Waals surface area contributed by atoms with Crippen LogP contribution in [0.25, 0.3) is 0 Å². The second-order valence-corrected chi connectivity index (χ2v) is 2.45. The predicted molar refractivity (Wildman–Crippen MR) is 20.9 cm³/mol. The number of hydrogen-bond donors (Lipinski definition) is 0. The van der Waals surface area contributed by atoms with Crippen LogP contribution < -0.4 is 0 Å². The van der Waals surface area contributed by atoms with Crippen molar-refractivity contribution in [3.63, 3.8) is 0 Å². The van der Waals surface area contributed by atoms with E-state index in [4.69, 9.17) is 35.0 Å². The molecule has 0 N–H and O–H groups in total. The smallest absolute Gasteiger partial charge is 0.759 e. The molecule has 0 atom stereocenters. The van der Waals surface area contributed by atoms with Crippen molar-refractivity contribution in [2.75, 3.05) is 0 Å². The summed E-state index contributed by atoms with van der Waals surface area (Å²) in [7, 11) is -10.3. The van der Waals surface area contributed by atoms with Gasteiger partial charge < -0.3 is 18.2 Å². The van der Waals surface area contributed by atoms with Crippen molar-refractivity contribution in [2.24, 2.45) is 0 Å². The van der Waals surface area contributed by atoms with Gasteiger partial charge in [-0.25, -0.2) is 0 Å². The molecule has 12 heteroatoms. The van der Waals surface area contributed by atoms with Crippen LogP contribution in [-0.2, 0) is 67.6 Å². The van der Waals surface area contributed by atoms with E-state index in [0.29, 0.717) is 0 Å². The number of hydrogen-bond acceptors (Lipinski definition) is 8. The van der Waals surface area contributed by atoms with Crippen LogP contribution in [0.1, 0.15) is 0 Å². The maximum atomic E-state index is 8.52. The Kier molecular flexibility index (Phi) is 17.2. The Bertz CT molecular complexity index is 213. The maximum absolute atomic E-state index is 8.52. The Balaban J connectivity index is -0.0000000457. The first-order valence-corrected chi connectivity index (χ1v) is 4.00. The Morgan fingerprint density at radius 2 is 0.667 bits per heavy atom. The molecule has 0 radical (unpaired) electrons. The van der Waals surface area contributed by atoms with E-state index >= 15 is 0 Å². The largest absolute Gasteiger partial charge is 2.00 e. The van der Waals surface area contributed by atoms with E-state index in [1.807, 2.05) is 0 Å². The second-order valence-electron chi connectivity index (χ2n) is 0.816. The van der Waals surface area contributed by atoms with Crippen LogP contribution in [0.4, 0.5) is 0 Å². The van der Waals surface area contributed by atoms with E-state index in [9.17, 15) is 0 Å². The summed E-state index contributed by atoms with van der Waals surface area (Å²) in [5.74, 6) is 0. The zero-order valence-corrected chi connectivity index (χ0v) is 14.1. The van der Waals surface area contributed by atoms with Crippen molar-refractivity contribution in [3.8, 4) is 0 Å². The summed E-state index contributed by atoms with van der Waals surface area (Å²) in [5.41, 5.74) is 0. The molecule has 64 valence electrons. The van der Waals surface area contributed by atoms with Crippen molar-refractivity contribution in [2.45, 2.75) is 0 Å². The van der Waals surface area contributed by atoms with Gasteiger partial charge in [-0.15, -0.1) is 0 Å². The average molecular weight is 370 g/mol. The topological polar surface area (TPSA) is 161 Å². The SMILES string of the molecule is O=S(=O)([O-])[O-].O=S(=O)([O-])[O-].[Cd+2].[Zn+2]. The second kappa shape index (κ2) is 8.86. The first-order chi connectivity index (χ1) is 4.00. The van der Waals surface area contributed by atoms with Gasteiger partial charge in [0.25, 0.3) is 0 Å². The van der Waals surface area contributed by atoms with Crippen LogP contribution in [-0.4, -0.2) is 35.0 Å². The molecule has 0 aliphatic carbocycles. The summed E-state index contributed by atoms with van der Waals surface area (Å²) in [6.07, 6.45) is 0. The molecule has 0 aromatic rings. The fraction of sp³-hybridized carbons (Fsp3) is 0. The first kappa shape index (κ1) is 23.3. The standard InChI is InChI=1S/Cd.2H2O4S.Zn/c;2*1-5(2,3)4;/h;2*(H2,1,2,3,4);/q+2;;;+2/p-4. The minimum Gasteiger partial charge on any atom is -0.759 e. The van der Waals surface area contributed by atoms with E-state index in [2.05, 4.69) is 0 Å². The van der Waals surface area contributed by atoms with Gasteiger partial charge in [0.1, 0.15) is 0 Å². The summed E-state index contributed by atoms with van der Waals surface area (Å²) < 4.78 is 68.2. The van der Waals surface area contributed by atoms with Crippen molar-refractivity contribution in [3.05, 3.63) is 0 Å². The molecule has 0 aromatic heterocycles. The van der Waals surface area contributed by atoms with Crippen LogP contribution in [0.3, 0.4) is 0 Å². The fourth-order valence-corrected chi connectivity index (χ4v) is 0. The Morgan fingerprint density at radius 3 is 0.667 bits per heavy atom. The summed E-state index contributed by atoms with van der Waals surface area (Å²) in [4.78, 5) is 0. The van der Waals surface area contributed by atoms with Crippen molar-refractivity contribution in [1.29, 1.82) is 0 Å². The maximum Gasteiger partial charge on any atom is 2.00 e. The van der Waals surface area contributed by atoms with Crippen LogP contribution in [0.5, 0.6) is 0 Å². The summed E-state index contributed by atoms with van der Waals surface area (Å²) in [6, 6.07) is 0. The Labute approximate surface area is 102 Å². The minimum atomic E-state index is -5.17. The molecule has 0 aromatic carbocycles. The molecule has 12 heavy (non-hydrogen) atoms. The third-order valence-electron chi connectivity index (χ3n) is 0. The molecule has 8 nitrogen and oxygen atoms in total. The van der Waals surface area contributed by atoms with Crippen LogP contribution in [0.2, 0.25) is 0 Å². The molecule has 0 aliphatic rings. The summed E-state index contributed by atoms with van der Waals surface area (Å²) >= 11 is 0. The van der Waals surface area contributed by atoms with Crippen LogP contribution >= 0.6 is 0 Å². The van der Waals surface area contributed by atoms with Gasteiger partial charge >= 0.3 is 46.8 Å². The Hall–Kier alpha value is 1.29. The summed E-state index contributed by atoms with van der Waals surface area (Å²) in [6.45, 7) is 0. The van der Waals surface area contributed by atoms with Gasteiger partial charge in [-0.05, 0) is 0 Å². The van der Waals surface area contributed by atoms with E-state index in [-0.39, 0.29) is 46.8 Å². The molecule has 0 bridgehead atoms. The van der Waals surface area contributed by atoms with Gasteiger partial charge in [-0.3, -0.25) is 16.8 Å².